The Hall–Kier alpha value is -0.570. The van der Waals surface area contributed by atoms with Crippen molar-refractivity contribution in [2.24, 2.45) is 11.1 Å². The zero-order valence-electron chi connectivity index (χ0n) is 12.4. The molecule has 1 aliphatic rings. The summed E-state index contributed by atoms with van der Waals surface area (Å²) in [6, 6.07) is 0.215. The van der Waals surface area contributed by atoms with Crippen LogP contribution in [-0.2, 0) is 4.79 Å². The van der Waals surface area contributed by atoms with E-state index < -0.39 is 0 Å². The Morgan fingerprint density at radius 3 is 2.28 bits per heavy atom. The number of amides is 1. The number of hydrogen-bond acceptors (Lipinski definition) is 2. The highest BCUT2D eigenvalue weighted by Gasteiger charge is 2.32. The molecule has 1 unspecified atom stereocenters. The molecule has 1 amide bonds. The molecule has 0 radical (unpaired) electrons. The van der Waals surface area contributed by atoms with Crippen LogP contribution in [0.25, 0.3) is 0 Å². The molecule has 0 spiro atoms. The van der Waals surface area contributed by atoms with E-state index in [1.807, 2.05) is 6.92 Å². The lowest BCUT2D eigenvalue weighted by atomic mass is 9.74. The minimum Gasteiger partial charge on any atom is -0.343 e. The molecule has 1 heterocycles. The van der Waals surface area contributed by atoms with Gasteiger partial charge in [0.15, 0.2) is 0 Å². The maximum Gasteiger partial charge on any atom is 0.222 e. The van der Waals surface area contributed by atoms with Crippen LogP contribution in [0.2, 0.25) is 0 Å². The van der Waals surface area contributed by atoms with E-state index in [0.29, 0.717) is 17.7 Å². The average molecular weight is 254 g/mol. The molecule has 2 N–H and O–H groups in total. The molecule has 0 aromatic heterocycles. The Bertz CT molecular complexity index is 249. The molecule has 1 saturated heterocycles. The van der Waals surface area contributed by atoms with Gasteiger partial charge in [0.1, 0.15) is 0 Å². The molecule has 3 nitrogen and oxygen atoms in total. The third kappa shape index (κ3) is 4.27. The van der Waals surface area contributed by atoms with E-state index in [2.05, 4.69) is 18.7 Å². The first-order chi connectivity index (χ1) is 8.53. The smallest absolute Gasteiger partial charge is 0.222 e. The maximum atomic E-state index is 12.1. The standard InChI is InChI=1S/C15H30N2O/c1-4-15(5-2)9-11-17(12-10-15)14(18)8-6-7-13(3)16/h13H,4-12,16H2,1-3H3. The van der Waals surface area contributed by atoms with Crippen LogP contribution in [0, 0.1) is 5.41 Å². The number of hydrogen-bond donors (Lipinski definition) is 1. The first-order valence-electron chi connectivity index (χ1n) is 7.56. The monoisotopic (exact) mass is 254 g/mol. The number of carbonyl (C=O) groups excluding carboxylic acids is 1. The Labute approximate surface area is 112 Å². The summed E-state index contributed by atoms with van der Waals surface area (Å²) < 4.78 is 0. The van der Waals surface area contributed by atoms with E-state index in [1.54, 1.807) is 0 Å². The van der Waals surface area contributed by atoms with E-state index in [0.717, 1.165) is 25.9 Å². The number of carbonyl (C=O) groups is 1. The summed E-state index contributed by atoms with van der Waals surface area (Å²) in [5.74, 6) is 0.330. The number of piperidine rings is 1. The van der Waals surface area contributed by atoms with Gasteiger partial charge in [0.2, 0.25) is 5.91 Å². The molecule has 18 heavy (non-hydrogen) atoms. The van der Waals surface area contributed by atoms with Crippen molar-refractivity contribution in [2.45, 2.75) is 71.8 Å². The fourth-order valence-electron chi connectivity index (χ4n) is 2.92. The van der Waals surface area contributed by atoms with Crippen molar-refractivity contribution in [3.8, 4) is 0 Å². The molecule has 0 saturated carbocycles. The Morgan fingerprint density at radius 2 is 1.83 bits per heavy atom. The van der Waals surface area contributed by atoms with Gasteiger partial charge in [0.25, 0.3) is 0 Å². The molecule has 0 bridgehead atoms. The summed E-state index contributed by atoms with van der Waals surface area (Å²) in [5.41, 5.74) is 6.21. The third-order valence-corrected chi connectivity index (χ3v) is 4.73. The Kier molecular flexibility index (Phi) is 6.13. The Morgan fingerprint density at radius 1 is 1.28 bits per heavy atom. The normalized spacial score (nSPS) is 20.8. The van der Waals surface area contributed by atoms with Gasteiger partial charge in [0, 0.05) is 25.6 Å². The van der Waals surface area contributed by atoms with Gasteiger partial charge in [-0.2, -0.15) is 0 Å². The van der Waals surface area contributed by atoms with Crippen molar-refractivity contribution in [1.82, 2.24) is 4.90 Å². The summed E-state index contributed by atoms with van der Waals surface area (Å²) in [6.07, 6.45) is 7.41. The predicted octanol–water partition coefficient (Wildman–Crippen LogP) is 2.93. The fraction of sp³-hybridized carbons (Fsp3) is 0.933. The predicted molar refractivity (Wildman–Crippen MR) is 76.3 cm³/mol. The minimum atomic E-state index is 0.215. The number of likely N-dealkylation sites (tertiary alicyclic amines) is 1. The number of nitrogens with zero attached hydrogens (tertiary/aromatic N) is 1. The average Bonchev–Trinajstić information content (AvgIpc) is 2.38. The van der Waals surface area contributed by atoms with Gasteiger partial charge in [-0.15, -0.1) is 0 Å². The van der Waals surface area contributed by atoms with Gasteiger partial charge in [-0.25, -0.2) is 0 Å². The fourth-order valence-corrected chi connectivity index (χ4v) is 2.92. The third-order valence-electron chi connectivity index (χ3n) is 4.73. The van der Waals surface area contributed by atoms with E-state index in [1.165, 1.54) is 25.7 Å². The van der Waals surface area contributed by atoms with Gasteiger partial charge >= 0.3 is 0 Å². The van der Waals surface area contributed by atoms with Crippen LogP contribution >= 0.6 is 0 Å². The van der Waals surface area contributed by atoms with Crippen LogP contribution in [0.1, 0.15) is 65.7 Å². The lowest BCUT2D eigenvalue weighted by Gasteiger charge is -2.41. The van der Waals surface area contributed by atoms with Gasteiger partial charge < -0.3 is 10.6 Å². The van der Waals surface area contributed by atoms with Crippen molar-refractivity contribution < 1.29 is 4.79 Å². The second-order valence-electron chi connectivity index (χ2n) is 5.96. The van der Waals surface area contributed by atoms with Gasteiger partial charge in [-0.05, 0) is 38.0 Å². The molecule has 0 aromatic carbocycles. The quantitative estimate of drug-likeness (QED) is 0.792. The Balaban J connectivity index is 2.31. The van der Waals surface area contributed by atoms with Crippen molar-refractivity contribution in [3.63, 3.8) is 0 Å². The van der Waals surface area contributed by atoms with Crippen LogP contribution in [0.4, 0.5) is 0 Å². The SMILES string of the molecule is CCC1(CC)CCN(C(=O)CCCC(C)N)CC1. The highest BCUT2D eigenvalue weighted by Crippen LogP contribution is 2.37. The maximum absolute atomic E-state index is 12.1. The van der Waals surface area contributed by atoms with Crippen molar-refractivity contribution >= 4 is 5.91 Å². The number of nitrogens with two attached hydrogens (primary N) is 1. The summed E-state index contributed by atoms with van der Waals surface area (Å²) >= 11 is 0. The first kappa shape index (κ1) is 15.5. The summed E-state index contributed by atoms with van der Waals surface area (Å²) in [4.78, 5) is 14.1. The van der Waals surface area contributed by atoms with Crippen molar-refractivity contribution in [2.75, 3.05) is 13.1 Å². The molecule has 0 aromatic rings. The lowest BCUT2D eigenvalue weighted by Crippen LogP contribution is -2.42. The summed E-state index contributed by atoms with van der Waals surface area (Å²) in [7, 11) is 0. The van der Waals surface area contributed by atoms with Crippen LogP contribution < -0.4 is 5.73 Å². The van der Waals surface area contributed by atoms with Gasteiger partial charge in [-0.3, -0.25) is 4.79 Å². The molecule has 0 aliphatic carbocycles. The highest BCUT2D eigenvalue weighted by atomic mass is 16.2. The highest BCUT2D eigenvalue weighted by molar-refractivity contribution is 5.76. The van der Waals surface area contributed by atoms with E-state index in [-0.39, 0.29) is 6.04 Å². The zero-order chi connectivity index (χ0) is 13.6. The zero-order valence-corrected chi connectivity index (χ0v) is 12.4. The molecule has 106 valence electrons. The van der Waals surface area contributed by atoms with E-state index >= 15 is 0 Å². The van der Waals surface area contributed by atoms with Crippen LogP contribution in [-0.4, -0.2) is 29.9 Å². The molecule has 1 fully saturated rings. The van der Waals surface area contributed by atoms with Crippen LogP contribution in [0.15, 0.2) is 0 Å². The molecule has 3 heteroatoms. The molecular weight excluding hydrogens is 224 g/mol. The number of rotatable bonds is 6. The van der Waals surface area contributed by atoms with Crippen molar-refractivity contribution in [1.29, 1.82) is 0 Å². The topological polar surface area (TPSA) is 46.3 Å². The van der Waals surface area contributed by atoms with E-state index in [9.17, 15) is 4.79 Å². The molecule has 1 rings (SSSR count). The largest absolute Gasteiger partial charge is 0.343 e. The van der Waals surface area contributed by atoms with Crippen molar-refractivity contribution in [3.05, 3.63) is 0 Å². The van der Waals surface area contributed by atoms with Crippen LogP contribution in [0.5, 0.6) is 0 Å². The minimum absolute atomic E-state index is 0.215. The lowest BCUT2D eigenvalue weighted by molar-refractivity contribution is -0.133. The van der Waals surface area contributed by atoms with E-state index in [4.69, 9.17) is 5.73 Å². The molecule has 1 aliphatic heterocycles. The molecule has 1 atom stereocenters. The van der Waals surface area contributed by atoms with Gasteiger partial charge in [-0.1, -0.05) is 26.7 Å². The first-order valence-corrected chi connectivity index (χ1v) is 7.56. The summed E-state index contributed by atoms with van der Waals surface area (Å²) in [6.45, 7) is 8.48. The van der Waals surface area contributed by atoms with Gasteiger partial charge in [0.05, 0.1) is 0 Å². The summed E-state index contributed by atoms with van der Waals surface area (Å²) in [5, 5.41) is 0. The van der Waals surface area contributed by atoms with Crippen LogP contribution in [0.3, 0.4) is 0 Å². The second-order valence-corrected chi connectivity index (χ2v) is 5.96. The molecular formula is C15H30N2O. The second kappa shape index (κ2) is 7.13.